The van der Waals surface area contributed by atoms with E-state index in [0.717, 1.165) is 0 Å². The molecule has 1 N–H and O–H groups in total. The molecule has 3 nitrogen and oxygen atoms in total. The number of hydrogen-bond acceptors (Lipinski definition) is 3. The Hall–Kier alpha value is -0.640. The maximum Gasteiger partial charge on any atom is 0.332 e. The highest BCUT2D eigenvalue weighted by molar-refractivity contribution is 7.80. The third kappa shape index (κ3) is 1.43. The summed E-state index contributed by atoms with van der Waals surface area (Å²) in [6, 6.07) is 0. The SMILES string of the molecule is CC1(C)NC(=S)C(C)(C)OC1=O. The van der Waals surface area contributed by atoms with E-state index in [9.17, 15) is 4.79 Å². The van der Waals surface area contributed by atoms with Gasteiger partial charge in [0, 0.05) is 0 Å². The summed E-state index contributed by atoms with van der Waals surface area (Å²) in [4.78, 5) is 11.9. The summed E-state index contributed by atoms with van der Waals surface area (Å²) in [6.07, 6.45) is 0. The zero-order valence-corrected chi connectivity index (χ0v) is 8.54. The molecular weight excluding hydrogens is 174 g/mol. The van der Waals surface area contributed by atoms with Crippen LogP contribution in [0.5, 0.6) is 0 Å². The van der Waals surface area contributed by atoms with Gasteiger partial charge in [-0.25, -0.2) is 4.79 Å². The Kier molecular flexibility index (Phi) is 1.91. The molecule has 0 unspecified atom stereocenters. The van der Waals surface area contributed by atoms with Gasteiger partial charge in [0.25, 0.3) is 0 Å². The van der Waals surface area contributed by atoms with Gasteiger partial charge in [-0.2, -0.15) is 0 Å². The maximum atomic E-state index is 11.3. The van der Waals surface area contributed by atoms with Crippen molar-refractivity contribution in [3.63, 3.8) is 0 Å². The summed E-state index contributed by atoms with van der Waals surface area (Å²) in [5, 5.41) is 2.95. The lowest BCUT2D eigenvalue weighted by Crippen LogP contribution is -2.63. The van der Waals surface area contributed by atoms with Crippen LogP contribution in [0, 0.1) is 0 Å². The smallest absolute Gasteiger partial charge is 0.332 e. The van der Waals surface area contributed by atoms with E-state index in [1.807, 2.05) is 0 Å². The molecule has 4 heteroatoms. The summed E-state index contributed by atoms with van der Waals surface area (Å²) in [5.74, 6) is -0.263. The first-order valence-corrected chi connectivity index (χ1v) is 4.22. The number of carbonyl (C=O) groups is 1. The van der Waals surface area contributed by atoms with Crippen LogP contribution in [-0.2, 0) is 9.53 Å². The van der Waals surface area contributed by atoms with Crippen molar-refractivity contribution in [1.29, 1.82) is 0 Å². The summed E-state index contributed by atoms with van der Waals surface area (Å²) in [5.41, 5.74) is -1.35. The number of morpholine rings is 1. The second-order valence-electron chi connectivity index (χ2n) is 3.98. The Morgan fingerprint density at radius 2 is 1.83 bits per heavy atom. The highest BCUT2D eigenvalue weighted by atomic mass is 32.1. The average Bonchev–Trinajstić information content (AvgIpc) is 1.82. The molecule has 0 amide bonds. The van der Waals surface area contributed by atoms with Crippen molar-refractivity contribution in [2.45, 2.75) is 38.8 Å². The summed E-state index contributed by atoms with van der Waals surface area (Å²) >= 11 is 5.06. The maximum absolute atomic E-state index is 11.3. The molecule has 68 valence electrons. The van der Waals surface area contributed by atoms with Gasteiger partial charge in [0.15, 0.2) is 5.60 Å². The first-order chi connectivity index (χ1) is 5.26. The van der Waals surface area contributed by atoms with Gasteiger partial charge in [-0.05, 0) is 27.7 Å². The van der Waals surface area contributed by atoms with Gasteiger partial charge in [0.1, 0.15) is 10.5 Å². The first kappa shape index (κ1) is 9.45. The van der Waals surface area contributed by atoms with Crippen LogP contribution in [0.15, 0.2) is 0 Å². The molecule has 0 aliphatic carbocycles. The Bertz CT molecular complexity index is 219. The molecule has 0 aromatic carbocycles. The normalized spacial score (nSPS) is 26.0. The number of thiocarbonyl (C=S) groups is 1. The Morgan fingerprint density at radius 1 is 1.33 bits per heavy atom. The van der Waals surface area contributed by atoms with Crippen molar-refractivity contribution in [2.75, 3.05) is 0 Å². The minimum absolute atomic E-state index is 0.263. The minimum atomic E-state index is -0.688. The molecule has 0 spiro atoms. The number of esters is 1. The third-order valence-electron chi connectivity index (χ3n) is 1.83. The van der Waals surface area contributed by atoms with Gasteiger partial charge in [0.2, 0.25) is 0 Å². The third-order valence-corrected chi connectivity index (χ3v) is 2.42. The Morgan fingerprint density at radius 3 is 2.25 bits per heavy atom. The summed E-state index contributed by atoms with van der Waals surface area (Å²) < 4.78 is 5.16. The Balaban J connectivity index is 2.91. The monoisotopic (exact) mass is 187 g/mol. The molecule has 0 radical (unpaired) electrons. The van der Waals surface area contributed by atoms with Crippen LogP contribution in [0.2, 0.25) is 0 Å². The van der Waals surface area contributed by atoms with Crippen LogP contribution in [0.4, 0.5) is 0 Å². The van der Waals surface area contributed by atoms with E-state index in [4.69, 9.17) is 17.0 Å². The van der Waals surface area contributed by atoms with Crippen LogP contribution < -0.4 is 5.32 Å². The molecule has 0 bridgehead atoms. The summed E-state index contributed by atoms with van der Waals surface area (Å²) in [7, 11) is 0. The van der Waals surface area contributed by atoms with Crippen LogP contribution in [0.25, 0.3) is 0 Å². The van der Waals surface area contributed by atoms with E-state index in [2.05, 4.69) is 5.32 Å². The highest BCUT2D eigenvalue weighted by Gasteiger charge is 2.43. The van der Waals surface area contributed by atoms with Crippen LogP contribution in [0.1, 0.15) is 27.7 Å². The zero-order chi connectivity index (χ0) is 9.57. The topological polar surface area (TPSA) is 38.3 Å². The van der Waals surface area contributed by atoms with Gasteiger partial charge in [-0.3, -0.25) is 0 Å². The van der Waals surface area contributed by atoms with Crippen molar-refractivity contribution in [1.82, 2.24) is 5.32 Å². The lowest BCUT2D eigenvalue weighted by molar-refractivity contribution is -0.160. The van der Waals surface area contributed by atoms with Crippen molar-refractivity contribution < 1.29 is 9.53 Å². The van der Waals surface area contributed by atoms with E-state index in [0.29, 0.717) is 4.99 Å². The molecule has 0 aromatic rings. The lowest BCUT2D eigenvalue weighted by Gasteiger charge is -2.39. The standard InChI is InChI=1S/C8H13NO2S/c1-7(2)6(10)11-8(3,4)5(12)9-7/h1-4H3,(H,9,12). The average molecular weight is 187 g/mol. The number of rotatable bonds is 0. The molecule has 12 heavy (non-hydrogen) atoms. The molecule has 1 aliphatic heterocycles. The predicted molar refractivity (Wildman–Crippen MR) is 50.0 cm³/mol. The van der Waals surface area contributed by atoms with Crippen LogP contribution in [0.3, 0.4) is 0 Å². The fourth-order valence-electron chi connectivity index (χ4n) is 0.891. The van der Waals surface area contributed by atoms with E-state index in [1.54, 1.807) is 27.7 Å². The second kappa shape index (κ2) is 2.42. The number of nitrogens with one attached hydrogen (secondary N) is 1. The quantitative estimate of drug-likeness (QED) is 0.454. The van der Waals surface area contributed by atoms with E-state index < -0.39 is 11.1 Å². The van der Waals surface area contributed by atoms with Crippen molar-refractivity contribution >= 4 is 23.2 Å². The molecular formula is C8H13NO2S. The molecule has 1 fully saturated rings. The molecule has 1 aliphatic rings. The van der Waals surface area contributed by atoms with E-state index in [-0.39, 0.29) is 5.97 Å². The summed E-state index contributed by atoms with van der Waals surface area (Å²) in [6.45, 7) is 7.04. The number of carbonyl (C=O) groups excluding carboxylic acids is 1. The van der Waals surface area contributed by atoms with E-state index >= 15 is 0 Å². The first-order valence-electron chi connectivity index (χ1n) is 3.82. The molecule has 1 saturated heterocycles. The number of hydrogen-bond donors (Lipinski definition) is 1. The fraction of sp³-hybridized carbons (Fsp3) is 0.750. The lowest BCUT2D eigenvalue weighted by atomic mass is 9.99. The van der Waals surface area contributed by atoms with E-state index in [1.165, 1.54) is 0 Å². The van der Waals surface area contributed by atoms with Crippen molar-refractivity contribution in [2.24, 2.45) is 0 Å². The van der Waals surface area contributed by atoms with Gasteiger partial charge in [-0.1, -0.05) is 12.2 Å². The molecule has 0 saturated carbocycles. The van der Waals surface area contributed by atoms with Crippen LogP contribution >= 0.6 is 12.2 Å². The number of ether oxygens (including phenoxy) is 1. The highest BCUT2D eigenvalue weighted by Crippen LogP contribution is 2.22. The fourth-order valence-corrected chi connectivity index (χ4v) is 1.19. The molecule has 1 heterocycles. The molecule has 0 atom stereocenters. The van der Waals surface area contributed by atoms with Gasteiger partial charge in [0.05, 0.1) is 0 Å². The van der Waals surface area contributed by atoms with Gasteiger partial charge >= 0.3 is 5.97 Å². The minimum Gasteiger partial charge on any atom is -0.451 e. The zero-order valence-electron chi connectivity index (χ0n) is 7.72. The predicted octanol–water partition coefficient (Wildman–Crippen LogP) is 1.02. The largest absolute Gasteiger partial charge is 0.451 e. The second-order valence-corrected chi connectivity index (χ2v) is 4.39. The van der Waals surface area contributed by atoms with Gasteiger partial charge in [-0.15, -0.1) is 0 Å². The van der Waals surface area contributed by atoms with Gasteiger partial charge < -0.3 is 10.1 Å². The van der Waals surface area contributed by atoms with Crippen LogP contribution in [-0.4, -0.2) is 22.1 Å². The molecule has 1 rings (SSSR count). The molecule has 0 aromatic heterocycles. The van der Waals surface area contributed by atoms with Crippen molar-refractivity contribution in [3.05, 3.63) is 0 Å². The number of cyclic esters (lactones) is 1. The Labute approximate surface area is 77.5 Å². The van der Waals surface area contributed by atoms with Crippen molar-refractivity contribution in [3.8, 4) is 0 Å².